The molecule has 0 fully saturated rings. The van der Waals surface area contributed by atoms with E-state index in [1.807, 2.05) is 4.90 Å². The Morgan fingerprint density at radius 1 is 1.29 bits per heavy atom. The molecule has 0 spiro atoms. The van der Waals surface area contributed by atoms with E-state index in [2.05, 4.69) is 20.8 Å². The lowest BCUT2D eigenvalue weighted by Gasteiger charge is -2.23. The molecule has 0 saturated carbocycles. The third kappa shape index (κ3) is 9.10. The Morgan fingerprint density at radius 3 is 2.41 bits per heavy atom. The first-order valence-electron chi connectivity index (χ1n) is 6.53. The predicted molar refractivity (Wildman–Crippen MR) is 77.0 cm³/mol. The minimum absolute atomic E-state index is 0.229. The van der Waals surface area contributed by atoms with Crippen molar-refractivity contribution >= 4 is 23.1 Å². The van der Waals surface area contributed by atoms with Crippen molar-refractivity contribution in [1.82, 2.24) is 4.90 Å². The van der Waals surface area contributed by atoms with Crippen LogP contribution in [0.15, 0.2) is 0 Å². The Bertz CT molecular complexity index is 242. The Labute approximate surface area is 111 Å². The van der Waals surface area contributed by atoms with E-state index in [4.69, 9.17) is 18.0 Å². The van der Waals surface area contributed by atoms with Crippen molar-refractivity contribution in [3.05, 3.63) is 0 Å². The average molecular weight is 258 g/mol. The molecule has 0 radical (unpaired) electrons. The van der Waals surface area contributed by atoms with Crippen LogP contribution >= 0.6 is 12.2 Å². The summed E-state index contributed by atoms with van der Waals surface area (Å²) in [6.45, 7) is 7.80. The van der Waals surface area contributed by atoms with Crippen molar-refractivity contribution < 1.29 is 4.79 Å². The van der Waals surface area contributed by atoms with Crippen LogP contribution in [0.2, 0.25) is 0 Å². The Kier molecular flexibility index (Phi) is 9.04. The van der Waals surface area contributed by atoms with Crippen molar-refractivity contribution in [2.45, 2.75) is 52.9 Å². The van der Waals surface area contributed by atoms with E-state index in [1.165, 1.54) is 12.8 Å². The molecule has 0 atom stereocenters. The van der Waals surface area contributed by atoms with Gasteiger partial charge in [0, 0.05) is 25.9 Å². The second-order valence-corrected chi connectivity index (χ2v) is 5.43. The zero-order valence-electron chi connectivity index (χ0n) is 11.4. The Balaban J connectivity index is 4.17. The molecule has 0 aromatic carbocycles. The van der Waals surface area contributed by atoms with Gasteiger partial charge in [-0.25, -0.2) is 0 Å². The van der Waals surface area contributed by atoms with Crippen molar-refractivity contribution in [1.29, 1.82) is 0 Å². The number of nitrogens with two attached hydrogens (primary N) is 1. The number of unbranched alkanes of at least 4 members (excludes halogenated alkanes) is 2. The number of hydrogen-bond donors (Lipinski definition) is 1. The summed E-state index contributed by atoms with van der Waals surface area (Å²) in [4.78, 5) is 14.4. The van der Waals surface area contributed by atoms with E-state index in [-0.39, 0.29) is 5.91 Å². The molecule has 0 unspecified atom stereocenters. The molecule has 0 saturated heterocycles. The van der Waals surface area contributed by atoms with E-state index in [9.17, 15) is 4.79 Å². The summed E-state index contributed by atoms with van der Waals surface area (Å²) < 4.78 is 0. The highest BCUT2D eigenvalue weighted by atomic mass is 32.1. The average Bonchev–Trinajstić information content (AvgIpc) is 2.21. The van der Waals surface area contributed by atoms with E-state index < -0.39 is 0 Å². The van der Waals surface area contributed by atoms with Gasteiger partial charge in [-0.3, -0.25) is 4.79 Å². The lowest BCUT2D eigenvalue weighted by Crippen LogP contribution is -2.35. The zero-order chi connectivity index (χ0) is 13.3. The first kappa shape index (κ1) is 16.4. The quantitative estimate of drug-likeness (QED) is 0.511. The van der Waals surface area contributed by atoms with Crippen LogP contribution in [0.25, 0.3) is 0 Å². The molecule has 0 aromatic rings. The van der Waals surface area contributed by atoms with Crippen LogP contribution in [-0.2, 0) is 4.79 Å². The summed E-state index contributed by atoms with van der Waals surface area (Å²) in [7, 11) is 0. The molecule has 3 nitrogen and oxygen atoms in total. The molecular formula is C13H26N2OS. The Morgan fingerprint density at radius 2 is 1.94 bits per heavy atom. The van der Waals surface area contributed by atoms with Gasteiger partial charge in [0.15, 0.2) is 0 Å². The first-order valence-corrected chi connectivity index (χ1v) is 6.94. The maximum absolute atomic E-state index is 12.0. The van der Waals surface area contributed by atoms with Crippen LogP contribution in [0.5, 0.6) is 0 Å². The fourth-order valence-corrected chi connectivity index (χ4v) is 1.73. The summed E-state index contributed by atoms with van der Waals surface area (Å²) in [6, 6.07) is 0. The fourth-order valence-electron chi connectivity index (χ4n) is 1.64. The van der Waals surface area contributed by atoms with Crippen molar-refractivity contribution in [3.8, 4) is 0 Å². The van der Waals surface area contributed by atoms with Crippen LogP contribution < -0.4 is 5.73 Å². The SMILES string of the molecule is CCCCCN(CCC(N)=S)C(=O)CC(C)C. The van der Waals surface area contributed by atoms with E-state index in [0.717, 1.165) is 13.0 Å². The smallest absolute Gasteiger partial charge is 0.222 e. The number of thiocarbonyl (C=S) groups is 1. The third-order valence-electron chi connectivity index (χ3n) is 2.60. The lowest BCUT2D eigenvalue weighted by atomic mass is 10.1. The zero-order valence-corrected chi connectivity index (χ0v) is 12.2. The van der Waals surface area contributed by atoms with Crippen LogP contribution in [0.4, 0.5) is 0 Å². The molecule has 0 heterocycles. The van der Waals surface area contributed by atoms with Crippen LogP contribution in [-0.4, -0.2) is 28.9 Å². The van der Waals surface area contributed by atoms with Gasteiger partial charge in [0.1, 0.15) is 0 Å². The maximum Gasteiger partial charge on any atom is 0.222 e. The predicted octanol–water partition coefficient (Wildman–Crippen LogP) is 2.73. The van der Waals surface area contributed by atoms with Crippen molar-refractivity contribution in [2.75, 3.05) is 13.1 Å². The number of nitrogens with zero attached hydrogens (tertiary/aromatic N) is 1. The van der Waals surface area contributed by atoms with E-state index in [0.29, 0.717) is 30.3 Å². The van der Waals surface area contributed by atoms with Crippen LogP contribution in [0.1, 0.15) is 52.9 Å². The summed E-state index contributed by atoms with van der Waals surface area (Å²) in [5.74, 6) is 0.633. The monoisotopic (exact) mass is 258 g/mol. The van der Waals surface area contributed by atoms with Gasteiger partial charge in [0.05, 0.1) is 4.99 Å². The minimum atomic E-state index is 0.229. The molecule has 2 N–H and O–H groups in total. The number of amides is 1. The van der Waals surface area contributed by atoms with Gasteiger partial charge >= 0.3 is 0 Å². The number of carbonyl (C=O) groups is 1. The molecule has 0 aliphatic heterocycles. The molecule has 4 heteroatoms. The molecular weight excluding hydrogens is 232 g/mol. The number of carbonyl (C=O) groups excluding carboxylic acids is 1. The van der Waals surface area contributed by atoms with Gasteiger partial charge < -0.3 is 10.6 Å². The summed E-state index contributed by atoms with van der Waals surface area (Å²) in [5.41, 5.74) is 5.49. The molecule has 0 bridgehead atoms. The van der Waals surface area contributed by atoms with Crippen molar-refractivity contribution in [2.24, 2.45) is 11.7 Å². The lowest BCUT2D eigenvalue weighted by molar-refractivity contribution is -0.132. The molecule has 1 amide bonds. The van der Waals surface area contributed by atoms with E-state index >= 15 is 0 Å². The standard InChI is InChI=1S/C13H26N2OS/c1-4-5-6-8-15(9-7-12(14)17)13(16)10-11(2)3/h11H,4-10H2,1-3H3,(H2,14,17). The third-order valence-corrected chi connectivity index (χ3v) is 2.80. The molecule has 100 valence electrons. The van der Waals surface area contributed by atoms with Gasteiger partial charge in [-0.05, 0) is 12.3 Å². The molecule has 0 rings (SSSR count). The summed E-state index contributed by atoms with van der Waals surface area (Å²) in [6.07, 6.45) is 4.65. The number of hydrogen-bond acceptors (Lipinski definition) is 2. The van der Waals surface area contributed by atoms with E-state index in [1.54, 1.807) is 0 Å². The Hall–Kier alpha value is -0.640. The normalized spacial score (nSPS) is 10.6. The highest BCUT2D eigenvalue weighted by Gasteiger charge is 2.14. The highest BCUT2D eigenvalue weighted by Crippen LogP contribution is 2.07. The molecule has 0 aliphatic rings. The topological polar surface area (TPSA) is 46.3 Å². The molecule has 0 aliphatic carbocycles. The largest absolute Gasteiger partial charge is 0.393 e. The van der Waals surface area contributed by atoms with Gasteiger partial charge in [-0.2, -0.15) is 0 Å². The van der Waals surface area contributed by atoms with Gasteiger partial charge in [-0.1, -0.05) is 45.8 Å². The molecule has 17 heavy (non-hydrogen) atoms. The second kappa shape index (κ2) is 9.40. The van der Waals surface area contributed by atoms with Gasteiger partial charge in [-0.15, -0.1) is 0 Å². The second-order valence-electron chi connectivity index (χ2n) is 4.90. The minimum Gasteiger partial charge on any atom is -0.393 e. The maximum atomic E-state index is 12.0. The molecule has 0 aromatic heterocycles. The first-order chi connectivity index (χ1) is 7.97. The number of rotatable bonds is 9. The fraction of sp³-hybridized carbons (Fsp3) is 0.846. The van der Waals surface area contributed by atoms with Gasteiger partial charge in [0.25, 0.3) is 0 Å². The van der Waals surface area contributed by atoms with Gasteiger partial charge in [0.2, 0.25) is 5.91 Å². The van der Waals surface area contributed by atoms with Crippen LogP contribution in [0.3, 0.4) is 0 Å². The summed E-state index contributed by atoms with van der Waals surface area (Å²) in [5, 5.41) is 0. The summed E-state index contributed by atoms with van der Waals surface area (Å²) >= 11 is 4.86. The van der Waals surface area contributed by atoms with Crippen LogP contribution in [0, 0.1) is 5.92 Å². The highest BCUT2D eigenvalue weighted by molar-refractivity contribution is 7.80. The van der Waals surface area contributed by atoms with Crippen molar-refractivity contribution in [3.63, 3.8) is 0 Å².